The first kappa shape index (κ1) is 15.9. The summed E-state index contributed by atoms with van der Waals surface area (Å²) >= 11 is 0. The third kappa shape index (κ3) is 3.68. The Bertz CT molecular complexity index is 754. The van der Waals surface area contributed by atoms with E-state index in [0.29, 0.717) is 6.54 Å². The van der Waals surface area contributed by atoms with Crippen molar-refractivity contribution in [3.05, 3.63) is 53.9 Å². The highest BCUT2D eigenvalue weighted by Gasteiger charge is 2.27. The minimum absolute atomic E-state index is 0.00401. The van der Waals surface area contributed by atoms with Gasteiger partial charge in [0.2, 0.25) is 5.91 Å². The van der Waals surface area contributed by atoms with Gasteiger partial charge in [0, 0.05) is 6.54 Å². The molecule has 0 spiro atoms. The highest BCUT2D eigenvalue weighted by Crippen LogP contribution is 2.20. The maximum atomic E-state index is 12.5. The number of likely N-dealkylation sites (tertiary alicyclic amines) is 1. The van der Waals surface area contributed by atoms with E-state index in [4.69, 9.17) is 5.11 Å². The lowest BCUT2D eigenvalue weighted by molar-refractivity contribution is -0.132. The molecule has 1 aromatic heterocycles. The normalized spacial score (nSPS) is 17.5. The first-order valence-corrected chi connectivity index (χ1v) is 7.79. The Kier molecular flexibility index (Phi) is 4.69. The number of hydrogen-bond donors (Lipinski definition) is 1. The number of aromatic nitrogens is 3. The zero-order valence-corrected chi connectivity index (χ0v) is 13.1. The summed E-state index contributed by atoms with van der Waals surface area (Å²) in [6.07, 6.45) is 7.21. The first-order valence-electron chi connectivity index (χ1n) is 7.79. The van der Waals surface area contributed by atoms with Crippen molar-refractivity contribution in [1.29, 1.82) is 0 Å². The number of nitrogens with zero attached hydrogens (tertiary/aromatic N) is 4. The number of hydrogen-bond acceptors (Lipinski definition) is 4. The number of benzene rings is 1. The molecular formula is C17H18N4O3. The summed E-state index contributed by atoms with van der Waals surface area (Å²) in [5.74, 6) is -1.24. The van der Waals surface area contributed by atoms with Gasteiger partial charge in [-0.3, -0.25) is 4.79 Å². The second-order valence-corrected chi connectivity index (χ2v) is 5.67. The molecule has 0 saturated carbocycles. The summed E-state index contributed by atoms with van der Waals surface area (Å²) < 4.78 is 1.27. The molecule has 1 amide bonds. The standard InChI is InChI=1S/C17H18N4O3/c22-16(12-20-11-15(17(23)24)18-19-20)21-10-4-7-14(21)9-8-13-5-2-1-3-6-13/h1-3,5-6,8-9,11,14H,4,7,10,12H2,(H,23,24)/b9-8+. The highest BCUT2D eigenvalue weighted by atomic mass is 16.4. The molecule has 0 radical (unpaired) electrons. The largest absolute Gasteiger partial charge is 0.476 e. The summed E-state index contributed by atoms with van der Waals surface area (Å²) in [5, 5.41) is 16.1. The predicted octanol–water partition coefficient (Wildman–Crippen LogP) is 1.68. The van der Waals surface area contributed by atoms with Crippen LogP contribution in [0.5, 0.6) is 0 Å². The van der Waals surface area contributed by atoms with Crippen LogP contribution in [-0.2, 0) is 11.3 Å². The molecule has 1 atom stereocenters. The molecule has 1 fully saturated rings. The fraction of sp³-hybridized carbons (Fsp3) is 0.294. The van der Waals surface area contributed by atoms with Crippen LogP contribution < -0.4 is 0 Å². The van der Waals surface area contributed by atoms with Gasteiger partial charge in [-0.1, -0.05) is 47.7 Å². The molecule has 24 heavy (non-hydrogen) atoms. The van der Waals surface area contributed by atoms with Gasteiger partial charge in [-0.2, -0.15) is 0 Å². The molecule has 3 rings (SSSR count). The quantitative estimate of drug-likeness (QED) is 0.903. The molecule has 1 N–H and O–H groups in total. The molecule has 1 aliphatic heterocycles. The van der Waals surface area contributed by atoms with Crippen molar-refractivity contribution in [2.24, 2.45) is 0 Å². The zero-order valence-electron chi connectivity index (χ0n) is 13.1. The summed E-state index contributed by atoms with van der Waals surface area (Å²) in [6.45, 7) is 0.694. The van der Waals surface area contributed by atoms with Crippen molar-refractivity contribution in [3.63, 3.8) is 0 Å². The Labute approximate surface area is 139 Å². The maximum absolute atomic E-state index is 12.5. The molecule has 124 valence electrons. The molecule has 1 aliphatic rings. The van der Waals surface area contributed by atoms with E-state index in [1.54, 1.807) is 0 Å². The predicted molar refractivity (Wildman–Crippen MR) is 87.2 cm³/mol. The van der Waals surface area contributed by atoms with Gasteiger partial charge in [-0.05, 0) is 18.4 Å². The van der Waals surface area contributed by atoms with E-state index in [-0.39, 0.29) is 24.2 Å². The van der Waals surface area contributed by atoms with Crippen molar-refractivity contribution in [3.8, 4) is 0 Å². The van der Waals surface area contributed by atoms with E-state index in [0.717, 1.165) is 18.4 Å². The first-order chi connectivity index (χ1) is 11.6. The molecule has 2 aromatic rings. The van der Waals surface area contributed by atoms with E-state index in [1.807, 2.05) is 47.4 Å². The summed E-state index contributed by atoms with van der Waals surface area (Å²) in [5.41, 5.74) is 0.934. The summed E-state index contributed by atoms with van der Waals surface area (Å²) in [6, 6.07) is 10.00. The zero-order chi connectivity index (χ0) is 16.9. The molecule has 7 heteroatoms. The number of aromatic carboxylic acids is 1. The van der Waals surface area contributed by atoms with Gasteiger partial charge in [0.05, 0.1) is 12.2 Å². The lowest BCUT2D eigenvalue weighted by Crippen LogP contribution is -2.36. The summed E-state index contributed by atoms with van der Waals surface area (Å²) in [7, 11) is 0. The number of amides is 1. The van der Waals surface area contributed by atoms with E-state index < -0.39 is 5.97 Å². The number of rotatable bonds is 5. The average molecular weight is 326 g/mol. The van der Waals surface area contributed by atoms with Gasteiger partial charge in [-0.15, -0.1) is 5.10 Å². The molecule has 1 aromatic carbocycles. The molecular weight excluding hydrogens is 308 g/mol. The number of carboxylic acid groups (broad SMARTS) is 1. The summed E-state index contributed by atoms with van der Waals surface area (Å²) in [4.78, 5) is 25.1. The molecule has 1 saturated heterocycles. The van der Waals surface area contributed by atoms with E-state index in [1.165, 1.54) is 10.9 Å². The van der Waals surface area contributed by atoms with Crippen LogP contribution in [0.15, 0.2) is 42.6 Å². The third-order valence-electron chi connectivity index (χ3n) is 3.99. The van der Waals surface area contributed by atoms with Crippen molar-refractivity contribution in [1.82, 2.24) is 19.9 Å². The van der Waals surface area contributed by atoms with Gasteiger partial charge in [0.25, 0.3) is 0 Å². The Balaban J connectivity index is 1.64. The van der Waals surface area contributed by atoms with Crippen molar-refractivity contribution < 1.29 is 14.7 Å². The van der Waals surface area contributed by atoms with Crippen LogP contribution in [0.1, 0.15) is 28.9 Å². The molecule has 1 unspecified atom stereocenters. The van der Waals surface area contributed by atoms with Crippen LogP contribution in [-0.4, -0.2) is 49.5 Å². The van der Waals surface area contributed by atoms with Crippen LogP contribution >= 0.6 is 0 Å². The van der Waals surface area contributed by atoms with E-state index >= 15 is 0 Å². The Morgan fingerprint density at radius 1 is 1.29 bits per heavy atom. The lowest BCUT2D eigenvalue weighted by Gasteiger charge is -2.22. The number of carboxylic acids is 1. The van der Waals surface area contributed by atoms with Crippen LogP contribution in [0, 0.1) is 0 Å². The molecule has 0 bridgehead atoms. The number of carbonyl (C=O) groups excluding carboxylic acids is 1. The molecule has 0 aliphatic carbocycles. The molecule has 7 nitrogen and oxygen atoms in total. The van der Waals surface area contributed by atoms with Crippen LogP contribution in [0.25, 0.3) is 6.08 Å². The topological polar surface area (TPSA) is 88.3 Å². The highest BCUT2D eigenvalue weighted by molar-refractivity contribution is 5.84. The van der Waals surface area contributed by atoms with Crippen LogP contribution in [0.2, 0.25) is 0 Å². The monoisotopic (exact) mass is 326 g/mol. The molecule has 2 heterocycles. The van der Waals surface area contributed by atoms with Gasteiger partial charge in [0.1, 0.15) is 6.54 Å². The van der Waals surface area contributed by atoms with Gasteiger partial charge >= 0.3 is 5.97 Å². The minimum atomic E-state index is -1.15. The fourth-order valence-corrected chi connectivity index (χ4v) is 2.79. The van der Waals surface area contributed by atoms with E-state index in [2.05, 4.69) is 10.3 Å². The van der Waals surface area contributed by atoms with Gasteiger partial charge in [-0.25, -0.2) is 9.48 Å². The Morgan fingerprint density at radius 2 is 2.08 bits per heavy atom. The second-order valence-electron chi connectivity index (χ2n) is 5.67. The second kappa shape index (κ2) is 7.08. The van der Waals surface area contributed by atoms with Crippen molar-refractivity contribution in [2.45, 2.75) is 25.4 Å². The SMILES string of the molecule is O=C(O)c1cn(CC(=O)N2CCCC2/C=C/c2ccccc2)nn1. The van der Waals surface area contributed by atoms with Crippen LogP contribution in [0.4, 0.5) is 0 Å². The van der Waals surface area contributed by atoms with Crippen molar-refractivity contribution >= 4 is 18.0 Å². The fourth-order valence-electron chi connectivity index (χ4n) is 2.79. The number of carbonyl (C=O) groups is 2. The van der Waals surface area contributed by atoms with Crippen molar-refractivity contribution in [2.75, 3.05) is 6.54 Å². The Morgan fingerprint density at radius 3 is 2.79 bits per heavy atom. The Hall–Kier alpha value is -2.96. The van der Waals surface area contributed by atoms with Gasteiger partial charge in [0.15, 0.2) is 5.69 Å². The minimum Gasteiger partial charge on any atom is -0.476 e. The smallest absolute Gasteiger partial charge is 0.358 e. The average Bonchev–Trinajstić information content (AvgIpc) is 3.23. The maximum Gasteiger partial charge on any atom is 0.358 e. The van der Waals surface area contributed by atoms with E-state index in [9.17, 15) is 9.59 Å². The lowest BCUT2D eigenvalue weighted by atomic mass is 10.1. The third-order valence-corrected chi connectivity index (χ3v) is 3.99. The van der Waals surface area contributed by atoms with Crippen LogP contribution in [0.3, 0.4) is 0 Å². The van der Waals surface area contributed by atoms with Gasteiger partial charge < -0.3 is 10.0 Å².